The number of amides is 1. The van der Waals surface area contributed by atoms with E-state index in [0.717, 1.165) is 11.3 Å². The van der Waals surface area contributed by atoms with E-state index in [-0.39, 0.29) is 23.1 Å². The molecule has 1 aromatic carbocycles. The number of fused-ring (bicyclic) bond motifs is 2. The third-order valence-corrected chi connectivity index (χ3v) is 4.56. The van der Waals surface area contributed by atoms with Crippen LogP contribution in [0.4, 0.5) is 0 Å². The van der Waals surface area contributed by atoms with Gasteiger partial charge < -0.3 is 10.1 Å². The van der Waals surface area contributed by atoms with Gasteiger partial charge in [0.15, 0.2) is 0 Å². The minimum absolute atomic E-state index is 0.0303. The molecule has 0 unspecified atom stereocenters. The molecule has 0 bridgehead atoms. The van der Waals surface area contributed by atoms with Crippen LogP contribution in [0.2, 0.25) is 0 Å². The Bertz CT molecular complexity index is 1010. The second-order valence-electron chi connectivity index (χ2n) is 6.12. The summed E-state index contributed by atoms with van der Waals surface area (Å²) >= 11 is 0. The largest absolute Gasteiger partial charge is 0.493 e. The maximum atomic E-state index is 12.6. The molecule has 0 spiro atoms. The summed E-state index contributed by atoms with van der Waals surface area (Å²) in [6, 6.07) is 12.9. The number of aromatic nitrogens is 2. The molecule has 1 aliphatic rings. The second kappa shape index (κ2) is 6.05. The van der Waals surface area contributed by atoms with Gasteiger partial charge in [0.2, 0.25) is 0 Å². The number of pyridine rings is 1. The topological polar surface area (TPSA) is 72.7 Å². The van der Waals surface area contributed by atoms with Crippen LogP contribution in [-0.4, -0.2) is 27.9 Å². The molecule has 1 N–H and O–H groups in total. The fraction of sp³-hybridized carbons (Fsp3) is 0.211. The van der Waals surface area contributed by atoms with E-state index < -0.39 is 5.91 Å². The van der Waals surface area contributed by atoms with Crippen LogP contribution in [0.5, 0.6) is 5.75 Å². The molecule has 6 nitrogen and oxygen atoms in total. The number of nitrogens with one attached hydrogen (secondary N) is 1. The van der Waals surface area contributed by atoms with Crippen molar-refractivity contribution in [1.29, 1.82) is 0 Å². The smallest absolute Gasteiger partial charge is 0.270 e. The predicted octanol–water partition coefficient (Wildman–Crippen LogP) is 1.99. The summed E-state index contributed by atoms with van der Waals surface area (Å²) < 4.78 is 7.04. The lowest BCUT2D eigenvalue weighted by molar-refractivity contribution is 0.0930. The van der Waals surface area contributed by atoms with Crippen LogP contribution in [0.15, 0.2) is 59.7 Å². The van der Waals surface area contributed by atoms with Crippen molar-refractivity contribution in [2.75, 3.05) is 6.61 Å². The number of nitrogens with zero attached hydrogens (tertiary/aromatic N) is 2. The Hall–Kier alpha value is -3.15. The second-order valence-corrected chi connectivity index (χ2v) is 6.12. The van der Waals surface area contributed by atoms with Crippen molar-refractivity contribution in [2.45, 2.75) is 18.9 Å². The van der Waals surface area contributed by atoms with Gasteiger partial charge in [-0.3, -0.25) is 14.0 Å². The molecule has 0 aliphatic carbocycles. The first-order valence-electron chi connectivity index (χ1n) is 8.14. The van der Waals surface area contributed by atoms with Gasteiger partial charge in [-0.1, -0.05) is 24.3 Å². The molecule has 126 valence electrons. The Kier molecular flexibility index (Phi) is 3.72. The molecule has 0 fully saturated rings. The molecule has 2 aromatic heterocycles. The molecule has 0 radical (unpaired) electrons. The number of hydrogen-bond acceptors (Lipinski definition) is 4. The van der Waals surface area contributed by atoms with Crippen molar-refractivity contribution in [3.63, 3.8) is 0 Å². The highest BCUT2D eigenvalue weighted by Crippen LogP contribution is 2.35. The molecule has 0 saturated heterocycles. The van der Waals surface area contributed by atoms with E-state index in [9.17, 15) is 9.59 Å². The number of carbonyl (C=O) groups excluding carboxylic acids is 1. The Morgan fingerprint density at radius 1 is 1.28 bits per heavy atom. The van der Waals surface area contributed by atoms with Gasteiger partial charge in [-0.25, -0.2) is 4.98 Å². The lowest BCUT2D eigenvalue weighted by Crippen LogP contribution is -2.40. The Morgan fingerprint density at radius 3 is 2.96 bits per heavy atom. The molecule has 3 aromatic rings. The Balaban J connectivity index is 1.59. The zero-order valence-electron chi connectivity index (χ0n) is 13.7. The average molecular weight is 335 g/mol. The number of benzene rings is 1. The third-order valence-electron chi connectivity index (χ3n) is 4.56. The highest BCUT2D eigenvalue weighted by atomic mass is 16.5. The minimum atomic E-state index is -0.423. The number of carbonyl (C=O) groups is 1. The molecule has 0 saturated carbocycles. The zero-order valence-corrected chi connectivity index (χ0v) is 13.7. The van der Waals surface area contributed by atoms with Crippen LogP contribution in [-0.2, 0) is 0 Å². The maximum absolute atomic E-state index is 12.6. The molecule has 6 heteroatoms. The van der Waals surface area contributed by atoms with E-state index in [1.165, 1.54) is 10.6 Å². The van der Waals surface area contributed by atoms with E-state index in [1.54, 1.807) is 24.4 Å². The van der Waals surface area contributed by atoms with Crippen molar-refractivity contribution in [1.82, 2.24) is 14.7 Å². The fourth-order valence-electron chi connectivity index (χ4n) is 3.17. The molecular weight excluding hydrogens is 318 g/mol. The first kappa shape index (κ1) is 15.4. The summed E-state index contributed by atoms with van der Waals surface area (Å²) in [5.41, 5.74) is 1.24. The highest BCUT2D eigenvalue weighted by molar-refractivity contribution is 5.94. The van der Waals surface area contributed by atoms with Crippen molar-refractivity contribution in [3.05, 3.63) is 76.3 Å². The van der Waals surface area contributed by atoms with Crippen molar-refractivity contribution in [3.8, 4) is 5.75 Å². The SMILES string of the molecule is C[C@H](NC(=O)c1cnc2ccccn2c1=O)[C@@H]1COc2ccccc21. The molecule has 25 heavy (non-hydrogen) atoms. The number of para-hydroxylation sites is 1. The monoisotopic (exact) mass is 335 g/mol. The van der Waals surface area contributed by atoms with Crippen LogP contribution >= 0.6 is 0 Å². The highest BCUT2D eigenvalue weighted by Gasteiger charge is 2.30. The average Bonchev–Trinajstić information content (AvgIpc) is 3.06. The van der Waals surface area contributed by atoms with Gasteiger partial charge in [-0.15, -0.1) is 0 Å². The molecule has 1 aliphatic heterocycles. The fourth-order valence-corrected chi connectivity index (χ4v) is 3.17. The number of ether oxygens (including phenoxy) is 1. The van der Waals surface area contributed by atoms with Gasteiger partial charge in [0.05, 0.1) is 6.61 Å². The van der Waals surface area contributed by atoms with Crippen LogP contribution in [0.3, 0.4) is 0 Å². The molecule has 2 atom stereocenters. The van der Waals surface area contributed by atoms with Crippen LogP contribution in [0.25, 0.3) is 5.65 Å². The van der Waals surface area contributed by atoms with Gasteiger partial charge in [-0.2, -0.15) is 0 Å². The lowest BCUT2D eigenvalue weighted by Gasteiger charge is -2.19. The standard InChI is InChI=1S/C19H17N3O3/c1-12(15-11-25-16-7-3-2-6-13(15)16)21-18(23)14-10-20-17-8-4-5-9-22(17)19(14)24/h2-10,12,15H,11H2,1H3,(H,21,23)/t12-,15-/m0/s1. The van der Waals surface area contributed by atoms with E-state index in [4.69, 9.17) is 4.74 Å². The molecule has 4 rings (SSSR count). The lowest BCUT2D eigenvalue weighted by atomic mass is 9.94. The summed E-state index contributed by atoms with van der Waals surface area (Å²) in [5.74, 6) is 0.477. The molecule has 1 amide bonds. The van der Waals surface area contributed by atoms with E-state index in [2.05, 4.69) is 10.3 Å². The molecular formula is C19H17N3O3. The van der Waals surface area contributed by atoms with Crippen LogP contribution in [0.1, 0.15) is 28.8 Å². The summed E-state index contributed by atoms with van der Waals surface area (Å²) in [4.78, 5) is 29.3. The first-order chi connectivity index (χ1) is 12.1. The summed E-state index contributed by atoms with van der Waals surface area (Å²) in [6.07, 6.45) is 2.94. The Morgan fingerprint density at radius 2 is 2.08 bits per heavy atom. The first-order valence-corrected chi connectivity index (χ1v) is 8.14. The van der Waals surface area contributed by atoms with Gasteiger partial charge in [0, 0.05) is 29.9 Å². The van der Waals surface area contributed by atoms with Crippen molar-refractivity contribution >= 4 is 11.6 Å². The van der Waals surface area contributed by atoms with Crippen molar-refractivity contribution < 1.29 is 9.53 Å². The number of rotatable bonds is 3. The molecule has 3 heterocycles. The number of hydrogen-bond donors (Lipinski definition) is 1. The van der Waals surface area contributed by atoms with Gasteiger partial charge in [0.1, 0.15) is 17.0 Å². The maximum Gasteiger partial charge on any atom is 0.270 e. The van der Waals surface area contributed by atoms with Crippen LogP contribution in [0, 0.1) is 0 Å². The quantitative estimate of drug-likeness (QED) is 0.794. The van der Waals surface area contributed by atoms with Crippen LogP contribution < -0.4 is 15.6 Å². The minimum Gasteiger partial charge on any atom is -0.493 e. The van der Waals surface area contributed by atoms with Gasteiger partial charge >= 0.3 is 0 Å². The van der Waals surface area contributed by atoms with Gasteiger partial charge in [-0.05, 0) is 25.1 Å². The van der Waals surface area contributed by atoms with E-state index >= 15 is 0 Å². The Labute approximate surface area is 144 Å². The van der Waals surface area contributed by atoms with Crippen molar-refractivity contribution in [2.24, 2.45) is 0 Å². The summed E-state index contributed by atoms with van der Waals surface area (Å²) in [5, 5.41) is 2.91. The third kappa shape index (κ3) is 2.65. The van der Waals surface area contributed by atoms with Gasteiger partial charge in [0.25, 0.3) is 11.5 Å². The normalized spacial score (nSPS) is 16.9. The predicted molar refractivity (Wildman–Crippen MR) is 93.1 cm³/mol. The summed E-state index contributed by atoms with van der Waals surface area (Å²) in [6.45, 7) is 2.43. The van der Waals surface area contributed by atoms with E-state index in [0.29, 0.717) is 12.3 Å². The van der Waals surface area contributed by atoms with E-state index in [1.807, 2.05) is 31.2 Å². The summed E-state index contributed by atoms with van der Waals surface area (Å²) in [7, 11) is 0. The zero-order chi connectivity index (χ0) is 17.4.